The molecule has 3 nitrogen and oxygen atoms in total. The van der Waals surface area contributed by atoms with Crippen molar-refractivity contribution in [3.8, 4) is 5.75 Å². The maximum Gasteiger partial charge on any atom is 0.339 e. The number of carbonyl (C=O) groups excluding carboxylic acids is 1. The molecule has 0 amide bonds. The van der Waals surface area contributed by atoms with Crippen LogP contribution in [-0.2, 0) is 9.53 Å². The van der Waals surface area contributed by atoms with E-state index in [-0.39, 0.29) is 5.97 Å². The number of aryl methyl sites for hydroxylation is 1. The normalized spacial score (nSPS) is 11.6. The molecule has 2 rings (SSSR count). The summed E-state index contributed by atoms with van der Waals surface area (Å²) in [6.07, 6.45) is 0. The van der Waals surface area contributed by atoms with Crippen molar-refractivity contribution in [2.45, 2.75) is 6.92 Å². The van der Waals surface area contributed by atoms with Crippen LogP contribution in [0.4, 0.5) is 0 Å². The number of ether oxygens (including phenoxy) is 2. The highest BCUT2D eigenvalue weighted by molar-refractivity contribution is 14.1. The van der Waals surface area contributed by atoms with Gasteiger partial charge < -0.3 is 9.47 Å². The van der Waals surface area contributed by atoms with Crippen LogP contribution in [0.2, 0.25) is 0 Å². The molecule has 22 heavy (non-hydrogen) atoms. The summed E-state index contributed by atoms with van der Waals surface area (Å²) in [5, 5.41) is 0. The Morgan fingerprint density at radius 2 is 1.45 bits per heavy atom. The van der Waals surface area contributed by atoms with E-state index < -0.39 is 0 Å². The largest absolute Gasteiger partial charge is 0.497 e. The van der Waals surface area contributed by atoms with Gasteiger partial charge in [-0.1, -0.05) is 42.0 Å². The van der Waals surface area contributed by atoms with E-state index in [4.69, 9.17) is 9.47 Å². The van der Waals surface area contributed by atoms with Gasteiger partial charge in [-0.3, -0.25) is 0 Å². The zero-order valence-electron chi connectivity index (χ0n) is 12.7. The Bertz CT molecular complexity index is 685. The van der Waals surface area contributed by atoms with E-state index in [2.05, 4.69) is 22.6 Å². The predicted octanol–water partition coefficient (Wildman–Crippen LogP) is 4.48. The molecule has 0 aliphatic carbocycles. The third-order valence-electron chi connectivity index (χ3n) is 3.29. The molecule has 114 valence electrons. The van der Waals surface area contributed by atoms with Crippen molar-refractivity contribution in [2.75, 3.05) is 14.2 Å². The van der Waals surface area contributed by atoms with Gasteiger partial charge in [-0.25, -0.2) is 4.79 Å². The van der Waals surface area contributed by atoms with Gasteiger partial charge in [0.15, 0.2) is 0 Å². The fourth-order valence-electron chi connectivity index (χ4n) is 2.04. The fraction of sp³-hybridized carbons (Fsp3) is 0.167. The lowest BCUT2D eigenvalue weighted by Crippen LogP contribution is -2.05. The van der Waals surface area contributed by atoms with Gasteiger partial charge in [-0.15, -0.1) is 0 Å². The van der Waals surface area contributed by atoms with Gasteiger partial charge in [0.25, 0.3) is 0 Å². The Hall–Kier alpha value is -1.82. The third-order valence-corrected chi connectivity index (χ3v) is 4.45. The quantitative estimate of drug-likeness (QED) is 0.324. The number of carbonyl (C=O) groups is 1. The summed E-state index contributed by atoms with van der Waals surface area (Å²) in [5.74, 6) is 0.397. The molecule has 0 fully saturated rings. The molecule has 0 aromatic heterocycles. The summed E-state index contributed by atoms with van der Waals surface area (Å²) in [7, 11) is 3.01. The van der Waals surface area contributed by atoms with E-state index in [1.54, 1.807) is 7.11 Å². The van der Waals surface area contributed by atoms with E-state index in [0.29, 0.717) is 5.57 Å². The van der Waals surface area contributed by atoms with Crippen LogP contribution in [0, 0.1) is 6.92 Å². The molecule has 2 aromatic rings. The van der Waals surface area contributed by atoms with Crippen molar-refractivity contribution in [2.24, 2.45) is 0 Å². The molecule has 4 heteroatoms. The van der Waals surface area contributed by atoms with Gasteiger partial charge in [-0.2, -0.15) is 0 Å². The molecule has 0 bridgehead atoms. The van der Waals surface area contributed by atoms with E-state index in [9.17, 15) is 4.79 Å². The maximum atomic E-state index is 12.2. The van der Waals surface area contributed by atoms with Crippen LogP contribution in [0.5, 0.6) is 5.75 Å². The fourth-order valence-corrected chi connectivity index (χ4v) is 2.93. The number of rotatable bonds is 4. The minimum Gasteiger partial charge on any atom is -0.497 e. The topological polar surface area (TPSA) is 35.5 Å². The molecular weight excluding hydrogens is 391 g/mol. The predicted molar refractivity (Wildman–Crippen MR) is 97.0 cm³/mol. The van der Waals surface area contributed by atoms with Crippen molar-refractivity contribution < 1.29 is 14.3 Å². The second-order valence-corrected chi connectivity index (χ2v) is 5.85. The summed E-state index contributed by atoms with van der Waals surface area (Å²) >= 11 is 2.19. The Balaban J connectivity index is 2.54. The summed E-state index contributed by atoms with van der Waals surface area (Å²) in [4.78, 5) is 12.2. The Morgan fingerprint density at radius 1 is 0.909 bits per heavy atom. The number of benzene rings is 2. The van der Waals surface area contributed by atoms with Gasteiger partial charge >= 0.3 is 5.97 Å². The number of halogens is 1. The molecule has 0 saturated carbocycles. The number of methoxy groups -OCH3 is 2. The van der Waals surface area contributed by atoms with Crippen molar-refractivity contribution in [3.63, 3.8) is 0 Å². The molecule has 0 spiro atoms. The Kier molecular flexibility index (Phi) is 5.60. The average Bonchev–Trinajstić information content (AvgIpc) is 2.56. The van der Waals surface area contributed by atoms with E-state index in [1.807, 2.05) is 55.5 Å². The molecule has 0 atom stereocenters. The molecule has 0 unspecified atom stereocenters. The first kappa shape index (κ1) is 16.5. The first-order valence-corrected chi connectivity index (χ1v) is 7.84. The zero-order valence-corrected chi connectivity index (χ0v) is 14.9. The van der Waals surface area contributed by atoms with Crippen LogP contribution in [0.1, 0.15) is 16.7 Å². The van der Waals surface area contributed by atoms with Gasteiger partial charge in [0.05, 0.1) is 19.8 Å². The van der Waals surface area contributed by atoms with E-state index >= 15 is 0 Å². The first-order valence-electron chi connectivity index (χ1n) is 6.76. The molecule has 0 radical (unpaired) electrons. The molecule has 0 heterocycles. The first-order chi connectivity index (χ1) is 10.6. The number of hydrogen-bond acceptors (Lipinski definition) is 3. The van der Waals surface area contributed by atoms with E-state index in [1.165, 1.54) is 12.7 Å². The molecule has 2 aromatic carbocycles. The van der Waals surface area contributed by atoms with E-state index in [0.717, 1.165) is 20.5 Å². The smallest absolute Gasteiger partial charge is 0.339 e. The van der Waals surface area contributed by atoms with Gasteiger partial charge in [0, 0.05) is 3.58 Å². The minimum atomic E-state index is -0.352. The van der Waals surface area contributed by atoms with Crippen LogP contribution in [0.3, 0.4) is 0 Å². The van der Waals surface area contributed by atoms with Crippen LogP contribution >= 0.6 is 22.6 Å². The molecule has 0 aliphatic heterocycles. The number of esters is 1. The summed E-state index contributed by atoms with van der Waals surface area (Å²) < 4.78 is 11.0. The average molecular weight is 408 g/mol. The lowest BCUT2D eigenvalue weighted by molar-refractivity contribution is -0.133. The molecule has 0 aliphatic rings. The summed E-state index contributed by atoms with van der Waals surface area (Å²) in [5.41, 5.74) is 3.52. The highest BCUT2D eigenvalue weighted by atomic mass is 127. The highest BCUT2D eigenvalue weighted by Crippen LogP contribution is 2.33. The lowest BCUT2D eigenvalue weighted by Gasteiger charge is -2.11. The number of hydrogen-bond donors (Lipinski definition) is 0. The maximum absolute atomic E-state index is 12.2. The van der Waals surface area contributed by atoms with Crippen molar-refractivity contribution in [1.82, 2.24) is 0 Å². The highest BCUT2D eigenvalue weighted by Gasteiger charge is 2.18. The monoisotopic (exact) mass is 408 g/mol. The molecule has 0 saturated heterocycles. The van der Waals surface area contributed by atoms with Gasteiger partial charge in [0.2, 0.25) is 0 Å². The SMILES string of the molecule is COC(=O)/C(=C(\I)c1ccc(C)cc1)c1ccc(OC)cc1. The summed E-state index contributed by atoms with van der Waals surface area (Å²) in [6.45, 7) is 2.03. The van der Waals surface area contributed by atoms with Gasteiger partial charge in [0.1, 0.15) is 5.75 Å². The Morgan fingerprint density at radius 3 is 1.95 bits per heavy atom. The van der Waals surface area contributed by atoms with Crippen LogP contribution in [0.15, 0.2) is 48.5 Å². The van der Waals surface area contributed by atoms with Crippen LogP contribution in [-0.4, -0.2) is 20.2 Å². The third kappa shape index (κ3) is 3.68. The van der Waals surface area contributed by atoms with Crippen molar-refractivity contribution in [1.29, 1.82) is 0 Å². The zero-order chi connectivity index (χ0) is 16.1. The van der Waals surface area contributed by atoms with Crippen molar-refractivity contribution in [3.05, 3.63) is 65.2 Å². The summed E-state index contributed by atoms with van der Waals surface area (Å²) in [6, 6.07) is 15.4. The Labute approximate surface area is 144 Å². The molecular formula is C18H17IO3. The minimum absolute atomic E-state index is 0.352. The van der Waals surface area contributed by atoms with Crippen molar-refractivity contribution >= 4 is 37.7 Å². The molecule has 0 N–H and O–H groups in total. The second kappa shape index (κ2) is 7.45. The second-order valence-electron chi connectivity index (χ2n) is 4.78. The van der Waals surface area contributed by atoms with Crippen LogP contribution < -0.4 is 4.74 Å². The van der Waals surface area contributed by atoms with Gasteiger partial charge in [-0.05, 0) is 52.8 Å². The standard InChI is InChI=1S/C18H17IO3/c1-12-4-6-14(7-5-12)17(19)16(18(20)22-3)13-8-10-15(21-2)11-9-13/h4-11H,1-3H3/b17-16-. The lowest BCUT2D eigenvalue weighted by atomic mass is 10.0. The van der Waals surface area contributed by atoms with Crippen LogP contribution in [0.25, 0.3) is 9.15 Å².